The molecule has 1 aromatic heterocycles. The number of ether oxygens (including phenoxy) is 1. The first kappa shape index (κ1) is 14.9. The minimum atomic E-state index is 0.584. The van der Waals surface area contributed by atoms with Gasteiger partial charge in [-0.05, 0) is 25.1 Å². The number of hydrogen-bond acceptors (Lipinski definition) is 5. The standard InChI is InChI=1S/C13H24N4O/c1-11(2)10-17(7-8-18-4)13-6-5-12(9-14-3)15-16-13/h5-6,11,14H,7-10H2,1-4H3. The number of hydrogen-bond donors (Lipinski definition) is 1. The van der Waals surface area contributed by atoms with E-state index in [0.29, 0.717) is 12.5 Å². The molecule has 0 aliphatic rings. The van der Waals surface area contributed by atoms with E-state index in [1.807, 2.05) is 19.2 Å². The average molecular weight is 252 g/mol. The van der Waals surface area contributed by atoms with E-state index in [2.05, 4.69) is 34.3 Å². The Morgan fingerprint density at radius 2 is 2.11 bits per heavy atom. The van der Waals surface area contributed by atoms with Crippen molar-refractivity contribution in [3.63, 3.8) is 0 Å². The molecule has 0 saturated heterocycles. The molecular formula is C13H24N4O. The van der Waals surface area contributed by atoms with Crippen LogP contribution in [0.2, 0.25) is 0 Å². The van der Waals surface area contributed by atoms with Gasteiger partial charge in [0, 0.05) is 26.7 Å². The lowest BCUT2D eigenvalue weighted by Gasteiger charge is -2.24. The lowest BCUT2D eigenvalue weighted by Crippen LogP contribution is -2.32. The summed E-state index contributed by atoms with van der Waals surface area (Å²) >= 11 is 0. The third-order valence-corrected chi connectivity index (χ3v) is 2.54. The van der Waals surface area contributed by atoms with Crippen LogP contribution in [0.3, 0.4) is 0 Å². The van der Waals surface area contributed by atoms with E-state index in [1.54, 1.807) is 7.11 Å². The second kappa shape index (κ2) is 8.00. The molecule has 0 atom stereocenters. The third-order valence-electron chi connectivity index (χ3n) is 2.54. The van der Waals surface area contributed by atoms with Gasteiger partial charge in [-0.1, -0.05) is 13.8 Å². The van der Waals surface area contributed by atoms with E-state index >= 15 is 0 Å². The highest BCUT2D eigenvalue weighted by Gasteiger charge is 2.10. The zero-order valence-electron chi connectivity index (χ0n) is 11.8. The van der Waals surface area contributed by atoms with Gasteiger partial charge in [0.15, 0.2) is 5.82 Å². The summed E-state index contributed by atoms with van der Waals surface area (Å²) in [6.45, 7) is 7.64. The Kier molecular flexibility index (Phi) is 6.60. The van der Waals surface area contributed by atoms with Gasteiger partial charge in [0.2, 0.25) is 0 Å². The number of anilines is 1. The highest BCUT2D eigenvalue weighted by Crippen LogP contribution is 2.11. The summed E-state index contributed by atoms with van der Waals surface area (Å²) in [5, 5.41) is 11.6. The highest BCUT2D eigenvalue weighted by molar-refractivity contribution is 5.37. The van der Waals surface area contributed by atoms with Crippen molar-refractivity contribution in [1.82, 2.24) is 15.5 Å². The maximum Gasteiger partial charge on any atom is 0.151 e. The SMILES string of the molecule is CNCc1ccc(N(CCOC)CC(C)C)nn1. The molecule has 102 valence electrons. The molecule has 1 N–H and O–H groups in total. The van der Waals surface area contributed by atoms with Crippen molar-refractivity contribution in [2.24, 2.45) is 5.92 Å². The molecule has 1 aromatic rings. The van der Waals surface area contributed by atoms with Crippen LogP contribution in [0.4, 0.5) is 5.82 Å². The molecule has 0 aromatic carbocycles. The van der Waals surface area contributed by atoms with Gasteiger partial charge in [0.05, 0.1) is 12.3 Å². The molecule has 0 saturated carbocycles. The Hall–Kier alpha value is -1.20. The first-order chi connectivity index (χ1) is 8.67. The van der Waals surface area contributed by atoms with E-state index in [1.165, 1.54) is 0 Å². The van der Waals surface area contributed by atoms with E-state index in [0.717, 1.165) is 31.1 Å². The molecule has 5 nitrogen and oxygen atoms in total. The molecule has 0 spiro atoms. The average Bonchev–Trinajstić information content (AvgIpc) is 2.35. The van der Waals surface area contributed by atoms with Crippen LogP contribution in [-0.4, -0.2) is 44.1 Å². The Morgan fingerprint density at radius 1 is 1.33 bits per heavy atom. The predicted octanol–water partition coefficient (Wildman–Crippen LogP) is 1.30. The van der Waals surface area contributed by atoms with Gasteiger partial charge in [0.1, 0.15) is 0 Å². The molecule has 5 heteroatoms. The summed E-state index contributed by atoms with van der Waals surface area (Å²) in [6, 6.07) is 4.04. The summed E-state index contributed by atoms with van der Waals surface area (Å²) in [4.78, 5) is 2.21. The number of nitrogens with one attached hydrogen (secondary N) is 1. The molecule has 1 heterocycles. The lowest BCUT2D eigenvalue weighted by atomic mass is 10.2. The second-order valence-electron chi connectivity index (χ2n) is 4.75. The zero-order valence-corrected chi connectivity index (χ0v) is 11.8. The Morgan fingerprint density at radius 3 is 2.61 bits per heavy atom. The lowest BCUT2D eigenvalue weighted by molar-refractivity contribution is 0.204. The number of aromatic nitrogens is 2. The van der Waals surface area contributed by atoms with Crippen molar-refractivity contribution < 1.29 is 4.74 Å². The molecule has 1 rings (SSSR count). The molecular weight excluding hydrogens is 228 g/mol. The second-order valence-corrected chi connectivity index (χ2v) is 4.75. The quantitative estimate of drug-likeness (QED) is 0.756. The fourth-order valence-corrected chi connectivity index (χ4v) is 1.74. The van der Waals surface area contributed by atoms with Crippen molar-refractivity contribution in [2.75, 3.05) is 38.8 Å². The van der Waals surface area contributed by atoms with Crippen LogP contribution in [0.1, 0.15) is 19.5 Å². The zero-order chi connectivity index (χ0) is 13.4. The molecule has 0 amide bonds. The Bertz CT molecular complexity index is 326. The first-order valence-electron chi connectivity index (χ1n) is 6.38. The highest BCUT2D eigenvalue weighted by atomic mass is 16.5. The molecule has 0 fully saturated rings. The van der Waals surface area contributed by atoms with Gasteiger partial charge in [-0.15, -0.1) is 5.10 Å². The summed E-state index contributed by atoms with van der Waals surface area (Å²) < 4.78 is 5.14. The summed E-state index contributed by atoms with van der Waals surface area (Å²) in [5.41, 5.74) is 0.956. The van der Waals surface area contributed by atoms with Crippen LogP contribution in [0.25, 0.3) is 0 Å². The van der Waals surface area contributed by atoms with Gasteiger partial charge in [-0.2, -0.15) is 5.10 Å². The van der Waals surface area contributed by atoms with Crippen molar-refractivity contribution in [3.8, 4) is 0 Å². The van der Waals surface area contributed by atoms with Gasteiger partial charge in [-0.3, -0.25) is 0 Å². The fourth-order valence-electron chi connectivity index (χ4n) is 1.74. The Balaban J connectivity index is 2.70. The molecule has 18 heavy (non-hydrogen) atoms. The van der Waals surface area contributed by atoms with Gasteiger partial charge in [-0.25, -0.2) is 0 Å². The topological polar surface area (TPSA) is 50.3 Å². The van der Waals surface area contributed by atoms with E-state index < -0.39 is 0 Å². The first-order valence-corrected chi connectivity index (χ1v) is 6.38. The minimum absolute atomic E-state index is 0.584. The van der Waals surface area contributed by atoms with Crippen molar-refractivity contribution in [1.29, 1.82) is 0 Å². The normalized spacial score (nSPS) is 10.9. The molecule has 0 aliphatic heterocycles. The van der Waals surface area contributed by atoms with Crippen LogP contribution in [0.5, 0.6) is 0 Å². The number of rotatable bonds is 8. The number of methoxy groups -OCH3 is 1. The summed E-state index contributed by atoms with van der Waals surface area (Å²) in [6.07, 6.45) is 0. The third kappa shape index (κ3) is 4.98. The van der Waals surface area contributed by atoms with E-state index in [9.17, 15) is 0 Å². The molecule has 0 unspecified atom stereocenters. The van der Waals surface area contributed by atoms with Gasteiger partial charge < -0.3 is 15.0 Å². The van der Waals surface area contributed by atoms with E-state index in [4.69, 9.17) is 4.74 Å². The predicted molar refractivity (Wildman–Crippen MR) is 73.7 cm³/mol. The summed E-state index contributed by atoms with van der Waals surface area (Å²) in [5.74, 6) is 1.50. The van der Waals surface area contributed by atoms with Crippen LogP contribution in [-0.2, 0) is 11.3 Å². The van der Waals surface area contributed by atoms with Crippen LogP contribution in [0.15, 0.2) is 12.1 Å². The maximum absolute atomic E-state index is 5.14. The fraction of sp³-hybridized carbons (Fsp3) is 0.692. The van der Waals surface area contributed by atoms with Gasteiger partial charge in [0.25, 0.3) is 0 Å². The smallest absolute Gasteiger partial charge is 0.151 e. The number of nitrogens with zero attached hydrogens (tertiary/aromatic N) is 3. The van der Waals surface area contributed by atoms with Crippen molar-refractivity contribution >= 4 is 5.82 Å². The van der Waals surface area contributed by atoms with Crippen LogP contribution < -0.4 is 10.2 Å². The molecule has 0 bridgehead atoms. The van der Waals surface area contributed by atoms with E-state index in [-0.39, 0.29) is 0 Å². The molecule has 0 aliphatic carbocycles. The minimum Gasteiger partial charge on any atom is -0.383 e. The summed E-state index contributed by atoms with van der Waals surface area (Å²) in [7, 11) is 3.62. The monoisotopic (exact) mass is 252 g/mol. The van der Waals surface area contributed by atoms with Crippen LogP contribution in [0, 0.1) is 5.92 Å². The maximum atomic E-state index is 5.14. The largest absolute Gasteiger partial charge is 0.383 e. The van der Waals surface area contributed by atoms with Crippen LogP contribution >= 0.6 is 0 Å². The van der Waals surface area contributed by atoms with Gasteiger partial charge >= 0.3 is 0 Å². The molecule has 0 radical (unpaired) electrons. The van der Waals surface area contributed by atoms with Crippen molar-refractivity contribution in [2.45, 2.75) is 20.4 Å². The Labute approximate surface area is 110 Å². The van der Waals surface area contributed by atoms with Crippen molar-refractivity contribution in [3.05, 3.63) is 17.8 Å².